The van der Waals surface area contributed by atoms with Crippen molar-refractivity contribution in [3.05, 3.63) is 20.8 Å². The molecule has 0 bridgehead atoms. The standard InChI is InChI=1S/C11H17BrN2OS/c12-9-5-10(16-7-9)6-14-8-11(13)1-3-15-4-2-11/h5,7,14H,1-4,6,8,13H2. The fraction of sp³-hybridized carbons (Fsp3) is 0.636. The third kappa shape index (κ3) is 3.53. The van der Waals surface area contributed by atoms with Gasteiger partial charge < -0.3 is 15.8 Å². The Kier molecular flexibility index (Phi) is 4.38. The Hall–Kier alpha value is 0.0600. The highest BCUT2D eigenvalue weighted by molar-refractivity contribution is 9.10. The van der Waals surface area contributed by atoms with Crippen LogP contribution >= 0.6 is 27.3 Å². The normalized spacial score (nSPS) is 19.9. The second-order valence-corrected chi connectivity index (χ2v) is 6.22. The van der Waals surface area contributed by atoms with E-state index in [1.165, 1.54) is 4.88 Å². The average Bonchev–Trinajstić information content (AvgIpc) is 2.65. The quantitative estimate of drug-likeness (QED) is 0.895. The predicted octanol–water partition coefficient (Wildman–Crippen LogP) is 2.11. The lowest BCUT2D eigenvalue weighted by Gasteiger charge is -2.33. The molecular weight excluding hydrogens is 288 g/mol. The summed E-state index contributed by atoms with van der Waals surface area (Å²) < 4.78 is 6.48. The number of halogens is 1. The molecule has 1 aromatic heterocycles. The lowest BCUT2D eigenvalue weighted by atomic mass is 9.91. The van der Waals surface area contributed by atoms with Gasteiger partial charge >= 0.3 is 0 Å². The zero-order valence-electron chi connectivity index (χ0n) is 9.17. The first kappa shape index (κ1) is 12.5. The molecular formula is C11H17BrN2OS. The molecule has 3 nitrogen and oxygen atoms in total. The van der Waals surface area contributed by atoms with Gasteiger partial charge in [-0.25, -0.2) is 0 Å². The minimum Gasteiger partial charge on any atom is -0.381 e. The van der Waals surface area contributed by atoms with E-state index in [-0.39, 0.29) is 5.54 Å². The topological polar surface area (TPSA) is 47.3 Å². The highest BCUT2D eigenvalue weighted by Gasteiger charge is 2.27. The number of nitrogens with two attached hydrogens (primary N) is 1. The summed E-state index contributed by atoms with van der Waals surface area (Å²) in [4.78, 5) is 1.34. The van der Waals surface area contributed by atoms with Gasteiger partial charge in [-0.1, -0.05) is 0 Å². The lowest BCUT2D eigenvalue weighted by molar-refractivity contribution is 0.0531. The van der Waals surface area contributed by atoms with Gasteiger partial charge in [0.05, 0.1) is 0 Å². The molecule has 1 aliphatic rings. The van der Waals surface area contributed by atoms with Crippen molar-refractivity contribution < 1.29 is 4.74 Å². The van der Waals surface area contributed by atoms with Crippen LogP contribution in [-0.4, -0.2) is 25.3 Å². The van der Waals surface area contributed by atoms with Gasteiger partial charge in [0, 0.05) is 46.6 Å². The molecule has 5 heteroatoms. The number of rotatable bonds is 4. The molecule has 2 rings (SSSR count). The van der Waals surface area contributed by atoms with Crippen molar-refractivity contribution >= 4 is 27.3 Å². The SMILES string of the molecule is NC1(CNCc2cc(Br)cs2)CCOCC1. The summed E-state index contributed by atoms with van der Waals surface area (Å²) in [6, 6.07) is 2.14. The predicted molar refractivity (Wildman–Crippen MR) is 70.7 cm³/mol. The molecule has 0 aromatic carbocycles. The van der Waals surface area contributed by atoms with Crippen LogP contribution in [0.2, 0.25) is 0 Å². The molecule has 1 aliphatic heterocycles. The number of hydrogen-bond donors (Lipinski definition) is 2. The van der Waals surface area contributed by atoms with E-state index in [2.05, 4.69) is 32.7 Å². The molecule has 1 aromatic rings. The molecule has 0 spiro atoms. The molecule has 90 valence electrons. The highest BCUT2D eigenvalue weighted by Crippen LogP contribution is 2.20. The third-order valence-electron chi connectivity index (χ3n) is 2.89. The highest BCUT2D eigenvalue weighted by atomic mass is 79.9. The van der Waals surface area contributed by atoms with Gasteiger partial charge in [-0.05, 0) is 34.8 Å². The fourth-order valence-corrected chi connectivity index (χ4v) is 3.26. The number of thiophene rings is 1. The van der Waals surface area contributed by atoms with Crippen molar-refractivity contribution in [1.29, 1.82) is 0 Å². The molecule has 0 atom stereocenters. The molecule has 0 radical (unpaired) electrons. The summed E-state index contributed by atoms with van der Waals surface area (Å²) in [5.74, 6) is 0. The summed E-state index contributed by atoms with van der Waals surface area (Å²) in [5, 5.41) is 5.54. The van der Waals surface area contributed by atoms with Crippen LogP contribution in [0.15, 0.2) is 15.9 Å². The smallest absolute Gasteiger partial charge is 0.0484 e. The zero-order valence-corrected chi connectivity index (χ0v) is 11.6. The molecule has 1 fully saturated rings. The van der Waals surface area contributed by atoms with Crippen molar-refractivity contribution in [3.8, 4) is 0 Å². The van der Waals surface area contributed by atoms with E-state index in [9.17, 15) is 0 Å². The van der Waals surface area contributed by atoms with Crippen LogP contribution in [-0.2, 0) is 11.3 Å². The largest absolute Gasteiger partial charge is 0.381 e. The van der Waals surface area contributed by atoms with Gasteiger partial charge in [0.15, 0.2) is 0 Å². The third-order valence-corrected chi connectivity index (χ3v) is 4.58. The van der Waals surface area contributed by atoms with Crippen LogP contribution in [0.1, 0.15) is 17.7 Å². The van der Waals surface area contributed by atoms with E-state index in [1.807, 2.05) is 0 Å². The average molecular weight is 305 g/mol. The van der Waals surface area contributed by atoms with Gasteiger partial charge in [-0.3, -0.25) is 0 Å². The molecule has 0 saturated carbocycles. The Balaban J connectivity index is 1.74. The number of hydrogen-bond acceptors (Lipinski definition) is 4. The van der Waals surface area contributed by atoms with E-state index in [0.29, 0.717) is 0 Å². The number of ether oxygens (including phenoxy) is 1. The summed E-state index contributed by atoms with van der Waals surface area (Å²) in [6.45, 7) is 3.35. The van der Waals surface area contributed by atoms with Crippen molar-refractivity contribution in [3.63, 3.8) is 0 Å². The zero-order chi connectivity index (χ0) is 11.4. The molecule has 0 unspecified atom stereocenters. The second kappa shape index (κ2) is 5.60. The van der Waals surface area contributed by atoms with Crippen molar-refractivity contribution in [2.75, 3.05) is 19.8 Å². The Morgan fingerprint density at radius 3 is 2.88 bits per heavy atom. The Morgan fingerprint density at radius 2 is 2.25 bits per heavy atom. The van der Waals surface area contributed by atoms with Crippen LogP contribution in [0.5, 0.6) is 0 Å². The van der Waals surface area contributed by atoms with Crippen molar-refractivity contribution in [2.45, 2.75) is 24.9 Å². The second-order valence-electron chi connectivity index (χ2n) is 4.31. The Morgan fingerprint density at radius 1 is 1.50 bits per heavy atom. The van der Waals surface area contributed by atoms with Gasteiger partial charge in [-0.2, -0.15) is 0 Å². The Bertz CT molecular complexity index is 336. The molecule has 1 saturated heterocycles. The van der Waals surface area contributed by atoms with E-state index in [1.54, 1.807) is 11.3 Å². The van der Waals surface area contributed by atoms with Gasteiger partial charge in [0.1, 0.15) is 0 Å². The molecule has 0 aliphatic carbocycles. The maximum atomic E-state index is 6.28. The van der Waals surface area contributed by atoms with Gasteiger partial charge in [-0.15, -0.1) is 11.3 Å². The first-order valence-electron chi connectivity index (χ1n) is 5.48. The van der Waals surface area contributed by atoms with Gasteiger partial charge in [0.2, 0.25) is 0 Å². The first-order chi connectivity index (χ1) is 7.68. The van der Waals surface area contributed by atoms with Crippen LogP contribution in [0, 0.1) is 0 Å². The molecule has 2 heterocycles. The number of nitrogens with one attached hydrogen (secondary N) is 1. The summed E-state index contributed by atoms with van der Waals surface area (Å²) >= 11 is 5.21. The summed E-state index contributed by atoms with van der Waals surface area (Å²) in [6.07, 6.45) is 1.91. The first-order valence-corrected chi connectivity index (χ1v) is 7.15. The van der Waals surface area contributed by atoms with Gasteiger partial charge in [0.25, 0.3) is 0 Å². The fourth-order valence-electron chi connectivity index (χ4n) is 1.84. The minimum atomic E-state index is -0.0766. The van der Waals surface area contributed by atoms with E-state index in [4.69, 9.17) is 10.5 Å². The van der Waals surface area contributed by atoms with Crippen LogP contribution in [0.3, 0.4) is 0 Å². The van der Waals surface area contributed by atoms with E-state index >= 15 is 0 Å². The Labute approximate surface area is 108 Å². The molecule has 0 amide bonds. The summed E-state index contributed by atoms with van der Waals surface area (Å²) in [5.41, 5.74) is 6.20. The monoisotopic (exact) mass is 304 g/mol. The van der Waals surface area contributed by atoms with Crippen molar-refractivity contribution in [1.82, 2.24) is 5.32 Å². The van der Waals surface area contributed by atoms with E-state index < -0.39 is 0 Å². The minimum absolute atomic E-state index is 0.0766. The van der Waals surface area contributed by atoms with Crippen LogP contribution < -0.4 is 11.1 Å². The van der Waals surface area contributed by atoms with Crippen molar-refractivity contribution in [2.24, 2.45) is 5.73 Å². The maximum absolute atomic E-state index is 6.28. The molecule has 3 N–H and O–H groups in total. The molecule has 16 heavy (non-hydrogen) atoms. The maximum Gasteiger partial charge on any atom is 0.0484 e. The van der Waals surface area contributed by atoms with E-state index in [0.717, 1.165) is 43.6 Å². The summed E-state index contributed by atoms with van der Waals surface area (Å²) in [7, 11) is 0. The lowest BCUT2D eigenvalue weighted by Crippen LogP contribution is -2.52. The van der Waals surface area contributed by atoms with Crippen LogP contribution in [0.4, 0.5) is 0 Å². The van der Waals surface area contributed by atoms with Crippen LogP contribution in [0.25, 0.3) is 0 Å².